The summed E-state index contributed by atoms with van der Waals surface area (Å²) >= 11 is 1.82. The van der Waals surface area contributed by atoms with Crippen LogP contribution in [0.2, 0.25) is 0 Å². The lowest BCUT2D eigenvalue weighted by Gasteiger charge is -2.23. The van der Waals surface area contributed by atoms with Gasteiger partial charge in [-0.3, -0.25) is 4.98 Å². The molecule has 23 heavy (non-hydrogen) atoms. The topological polar surface area (TPSA) is 38.7 Å². The molecule has 0 amide bonds. The molecule has 0 unspecified atom stereocenters. The van der Waals surface area contributed by atoms with Gasteiger partial charge in [0.15, 0.2) is 5.82 Å². The molecule has 3 aromatic rings. The Labute approximate surface area is 135 Å². The van der Waals surface area contributed by atoms with Crippen molar-refractivity contribution in [3.63, 3.8) is 0 Å². The van der Waals surface area contributed by atoms with E-state index in [0.717, 1.165) is 22.1 Å². The molecule has 0 spiro atoms. The van der Waals surface area contributed by atoms with E-state index >= 15 is 0 Å². The Balaban J connectivity index is 0.000000354. The fourth-order valence-electron chi connectivity index (χ4n) is 2.38. The molecule has 3 nitrogen and oxygen atoms in total. The highest BCUT2D eigenvalue weighted by Gasteiger charge is 2.21. The number of halogens is 3. The molecular formula is C16H14F3N3S. The van der Waals surface area contributed by atoms with Crippen LogP contribution < -0.4 is 0 Å². The highest BCUT2D eigenvalue weighted by Crippen LogP contribution is 2.41. The van der Waals surface area contributed by atoms with Crippen molar-refractivity contribution in [3.8, 4) is 11.4 Å². The predicted molar refractivity (Wildman–Crippen MR) is 84.4 cm³/mol. The van der Waals surface area contributed by atoms with Crippen molar-refractivity contribution in [2.45, 2.75) is 31.9 Å². The summed E-state index contributed by atoms with van der Waals surface area (Å²) in [6, 6.07) is 6.17. The molecular weight excluding hydrogens is 323 g/mol. The molecule has 3 aromatic heterocycles. The van der Waals surface area contributed by atoms with Gasteiger partial charge in [0.05, 0.1) is 0 Å². The van der Waals surface area contributed by atoms with E-state index in [1.807, 2.05) is 35.9 Å². The number of hydrogen-bond acceptors (Lipinski definition) is 4. The fraction of sp³-hybridized carbons (Fsp3) is 0.312. The molecule has 0 atom stereocenters. The number of hydrogen-bond donors (Lipinski definition) is 0. The average Bonchev–Trinajstić information content (AvgIpc) is 2.87. The summed E-state index contributed by atoms with van der Waals surface area (Å²) in [7, 11) is 0. The van der Waals surface area contributed by atoms with Gasteiger partial charge in [-0.25, -0.2) is 9.97 Å². The lowest BCUT2D eigenvalue weighted by Crippen LogP contribution is -2.06. The number of nitrogens with zero attached hydrogens (tertiary/aromatic N) is 3. The molecule has 0 aromatic carbocycles. The minimum atomic E-state index is -3.67. The van der Waals surface area contributed by atoms with Crippen molar-refractivity contribution in [2.24, 2.45) is 0 Å². The Morgan fingerprint density at radius 2 is 1.96 bits per heavy atom. The van der Waals surface area contributed by atoms with E-state index in [0.29, 0.717) is 0 Å². The standard InChI is InChI=1S/C15H13N3S.CHF3/c1-3-10(4-1)13-7-12-9-17-14(18-15(12)19-13)11-5-2-6-16-8-11;2-1(3)4/h2,5-10H,1,3-4H2;1H. The molecule has 7 heteroatoms. The van der Waals surface area contributed by atoms with Gasteiger partial charge in [0, 0.05) is 34.4 Å². The van der Waals surface area contributed by atoms with Gasteiger partial charge in [0.25, 0.3) is 0 Å². The molecule has 3 heterocycles. The summed E-state index contributed by atoms with van der Waals surface area (Å²) in [6.45, 7) is -3.67. The minimum Gasteiger partial charge on any atom is -0.264 e. The van der Waals surface area contributed by atoms with Crippen molar-refractivity contribution >= 4 is 21.6 Å². The van der Waals surface area contributed by atoms with Crippen LogP contribution in [0.15, 0.2) is 36.8 Å². The van der Waals surface area contributed by atoms with Crippen LogP contribution in [0.3, 0.4) is 0 Å². The van der Waals surface area contributed by atoms with E-state index in [9.17, 15) is 13.2 Å². The first-order valence-electron chi connectivity index (χ1n) is 7.22. The van der Waals surface area contributed by atoms with Crippen LogP contribution in [0, 0.1) is 0 Å². The average molecular weight is 337 g/mol. The lowest BCUT2D eigenvalue weighted by molar-refractivity contribution is 0.00819. The van der Waals surface area contributed by atoms with Crippen molar-refractivity contribution in [1.82, 2.24) is 15.0 Å². The van der Waals surface area contributed by atoms with E-state index in [1.54, 1.807) is 6.20 Å². The molecule has 1 aliphatic rings. The van der Waals surface area contributed by atoms with Gasteiger partial charge in [-0.05, 0) is 37.0 Å². The maximum Gasteiger partial charge on any atom is 0.379 e. The summed E-state index contributed by atoms with van der Waals surface area (Å²) in [6.07, 6.45) is 9.53. The second kappa shape index (κ2) is 7.04. The summed E-state index contributed by atoms with van der Waals surface area (Å²) in [5.74, 6) is 1.53. The number of pyridine rings is 1. The van der Waals surface area contributed by atoms with Crippen LogP contribution >= 0.6 is 11.3 Å². The normalized spacial score (nSPS) is 14.4. The molecule has 1 aliphatic carbocycles. The van der Waals surface area contributed by atoms with Gasteiger partial charge in [-0.1, -0.05) is 6.42 Å². The van der Waals surface area contributed by atoms with Gasteiger partial charge in [0.1, 0.15) is 4.83 Å². The maximum absolute atomic E-state index is 9.67. The quantitative estimate of drug-likeness (QED) is 0.645. The van der Waals surface area contributed by atoms with Crippen LogP contribution in [0.25, 0.3) is 21.6 Å². The molecule has 0 radical (unpaired) electrons. The minimum absolute atomic E-state index is 0.765. The number of thiophene rings is 1. The van der Waals surface area contributed by atoms with Gasteiger partial charge in [-0.2, -0.15) is 13.2 Å². The number of aromatic nitrogens is 3. The molecule has 4 rings (SSSR count). The lowest BCUT2D eigenvalue weighted by atomic mass is 9.84. The third-order valence-corrected chi connectivity index (χ3v) is 4.93. The second-order valence-electron chi connectivity index (χ2n) is 5.22. The zero-order valence-electron chi connectivity index (χ0n) is 12.1. The molecule has 0 N–H and O–H groups in total. The smallest absolute Gasteiger partial charge is 0.264 e. The number of alkyl halides is 3. The van der Waals surface area contributed by atoms with Crippen molar-refractivity contribution < 1.29 is 13.2 Å². The van der Waals surface area contributed by atoms with Gasteiger partial charge >= 0.3 is 6.68 Å². The Kier molecular flexibility index (Phi) is 4.85. The summed E-state index contributed by atoms with van der Waals surface area (Å²) in [5.41, 5.74) is 0.975. The molecule has 0 aliphatic heterocycles. The largest absolute Gasteiger partial charge is 0.379 e. The SMILES string of the molecule is FC(F)F.c1cncc(-c2ncc3cc(C4CCC4)sc3n2)c1. The summed E-state index contributed by atoms with van der Waals surface area (Å²) in [4.78, 5) is 15.8. The Hall–Kier alpha value is -2.02. The van der Waals surface area contributed by atoms with Crippen molar-refractivity contribution in [2.75, 3.05) is 0 Å². The van der Waals surface area contributed by atoms with Crippen LogP contribution in [0.1, 0.15) is 30.1 Å². The Bertz CT molecular complexity index is 770. The van der Waals surface area contributed by atoms with E-state index in [4.69, 9.17) is 0 Å². The van der Waals surface area contributed by atoms with Crippen molar-refractivity contribution in [3.05, 3.63) is 41.7 Å². The van der Waals surface area contributed by atoms with Crippen LogP contribution in [-0.2, 0) is 0 Å². The zero-order valence-corrected chi connectivity index (χ0v) is 12.9. The third kappa shape index (κ3) is 3.85. The second-order valence-corrected chi connectivity index (χ2v) is 6.28. The highest BCUT2D eigenvalue weighted by molar-refractivity contribution is 7.18. The van der Waals surface area contributed by atoms with Gasteiger partial charge < -0.3 is 0 Å². The van der Waals surface area contributed by atoms with Gasteiger partial charge in [0.2, 0.25) is 0 Å². The zero-order chi connectivity index (χ0) is 16.2. The summed E-state index contributed by atoms with van der Waals surface area (Å²) in [5, 5.41) is 1.17. The van der Waals surface area contributed by atoms with Crippen LogP contribution in [0.5, 0.6) is 0 Å². The van der Waals surface area contributed by atoms with E-state index < -0.39 is 6.68 Å². The molecule has 0 saturated heterocycles. The van der Waals surface area contributed by atoms with E-state index in [2.05, 4.69) is 21.0 Å². The third-order valence-electron chi connectivity index (χ3n) is 3.72. The predicted octanol–water partition coefficient (Wildman–Crippen LogP) is 5.20. The highest BCUT2D eigenvalue weighted by atomic mass is 32.1. The molecule has 1 fully saturated rings. The van der Waals surface area contributed by atoms with Crippen LogP contribution in [-0.4, -0.2) is 21.6 Å². The van der Waals surface area contributed by atoms with Gasteiger partial charge in [-0.15, -0.1) is 11.3 Å². The Morgan fingerprint density at radius 3 is 2.57 bits per heavy atom. The maximum atomic E-state index is 9.67. The number of fused-ring (bicyclic) bond motifs is 1. The van der Waals surface area contributed by atoms with E-state index in [1.165, 1.54) is 29.5 Å². The fourth-order valence-corrected chi connectivity index (χ4v) is 3.55. The molecule has 120 valence electrons. The Morgan fingerprint density at radius 1 is 1.17 bits per heavy atom. The first-order chi connectivity index (χ1) is 11.1. The summed E-state index contributed by atoms with van der Waals surface area (Å²) < 4.78 is 29.0. The van der Waals surface area contributed by atoms with Crippen molar-refractivity contribution in [1.29, 1.82) is 0 Å². The monoisotopic (exact) mass is 337 g/mol. The first kappa shape index (κ1) is 15.9. The van der Waals surface area contributed by atoms with E-state index in [-0.39, 0.29) is 0 Å². The first-order valence-corrected chi connectivity index (χ1v) is 8.04. The van der Waals surface area contributed by atoms with Crippen LogP contribution in [0.4, 0.5) is 13.2 Å². The number of rotatable bonds is 2. The molecule has 0 bridgehead atoms. The molecule has 1 saturated carbocycles.